The summed E-state index contributed by atoms with van der Waals surface area (Å²) in [5, 5.41) is 4.05. The number of hydrogen-bond acceptors (Lipinski definition) is 5. The van der Waals surface area contributed by atoms with E-state index in [4.69, 9.17) is 4.74 Å². The molecule has 1 aromatic heterocycles. The number of carbonyl (C=O) groups excluding carboxylic acids is 2. The number of carbonyl (C=O) groups is 2. The monoisotopic (exact) mass is 314 g/mol. The van der Waals surface area contributed by atoms with Crippen molar-refractivity contribution in [2.45, 2.75) is 25.3 Å². The van der Waals surface area contributed by atoms with Crippen LogP contribution in [-0.2, 0) is 9.53 Å². The normalized spacial score (nSPS) is 17.8. The molecule has 1 atom stereocenters. The number of rotatable bonds is 3. The van der Waals surface area contributed by atoms with Crippen LogP contribution in [-0.4, -0.2) is 51.2 Å². The molecule has 1 aromatic carbocycles. The van der Waals surface area contributed by atoms with Crippen LogP contribution in [0.4, 0.5) is 0 Å². The van der Waals surface area contributed by atoms with Crippen molar-refractivity contribution in [3.63, 3.8) is 0 Å². The number of methoxy groups -OCH3 is 1. The van der Waals surface area contributed by atoms with Crippen molar-refractivity contribution in [2.75, 3.05) is 13.7 Å². The largest absolute Gasteiger partial charge is 0.467 e. The van der Waals surface area contributed by atoms with Gasteiger partial charge in [0, 0.05) is 12.1 Å². The Kier molecular flexibility index (Phi) is 4.36. The Bertz CT molecular complexity index is 682. The van der Waals surface area contributed by atoms with Gasteiger partial charge in [0.1, 0.15) is 18.7 Å². The number of piperidine rings is 1. The van der Waals surface area contributed by atoms with E-state index in [9.17, 15) is 9.59 Å². The van der Waals surface area contributed by atoms with Crippen molar-refractivity contribution >= 4 is 11.9 Å². The summed E-state index contributed by atoms with van der Waals surface area (Å²) in [6.07, 6.45) is 5.52. The first kappa shape index (κ1) is 15.2. The lowest BCUT2D eigenvalue weighted by molar-refractivity contribution is -0.147. The Labute approximate surface area is 133 Å². The Morgan fingerprint density at radius 2 is 2.00 bits per heavy atom. The van der Waals surface area contributed by atoms with Crippen molar-refractivity contribution in [1.82, 2.24) is 19.7 Å². The zero-order valence-corrected chi connectivity index (χ0v) is 12.9. The van der Waals surface area contributed by atoms with E-state index < -0.39 is 6.04 Å². The van der Waals surface area contributed by atoms with Gasteiger partial charge in [-0.1, -0.05) is 0 Å². The number of esters is 1. The molecule has 23 heavy (non-hydrogen) atoms. The third-order valence-corrected chi connectivity index (χ3v) is 4.03. The molecule has 0 aliphatic carbocycles. The minimum atomic E-state index is -0.490. The number of benzene rings is 1. The van der Waals surface area contributed by atoms with Crippen LogP contribution < -0.4 is 0 Å². The molecular weight excluding hydrogens is 296 g/mol. The number of aromatic nitrogens is 3. The Hall–Kier alpha value is -2.70. The zero-order valence-electron chi connectivity index (χ0n) is 12.9. The summed E-state index contributed by atoms with van der Waals surface area (Å²) in [6.45, 7) is 0.573. The number of ether oxygens (including phenoxy) is 1. The highest BCUT2D eigenvalue weighted by Gasteiger charge is 2.33. The quantitative estimate of drug-likeness (QED) is 0.801. The van der Waals surface area contributed by atoms with E-state index in [1.165, 1.54) is 13.4 Å². The molecule has 0 saturated carbocycles. The number of nitrogens with zero attached hydrogens (tertiary/aromatic N) is 4. The second-order valence-corrected chi connectivity index (χ2v) is 5.42. The van der Waals surface area contributed by atoms with Gasteiger partial charge in [-0.25, -0.2) is 14.5 Å². The van der Waals surface area contributed by atoms with E-state index >= 15 is 0 Å². The summed E-state index contributed by atoms with van der Waals surface area (Å²) in [4.78, 5) is 30.1. The molecule has 1 unspecified atom stereocenters. The van der Waals surface area contributed by atoms with Crippen LogP contribution in [0.25, 0.3) is 5.69 Å². The molecule has 0 bridgehead atoms. The van der Waals surface area contributed by atoms with Gasteiger partial charge >= 0.3 is 5.97 Å². The third-order valence-electron chi connectivity index (χ3n) is 4.03. The molecule has 0 spiro atoms. The molecule has 7 heteroatoms. The second-order valence-electron chi connectivity index (χ2n) is 5.42. The lowest BCUT2D eigenvalue weighted by Gasteiger charge is -2.33. The average Bonchev–Trinajstić information content (AvgIpc) is 3.15. The summed E-state index contributed by atoms with van der Waals surface area (Å²) in [6, 6.07) is 6.60. The maximum absolute atomic E-state index is 12.7. The van der Waals surface area contributed by atoms with Crippen molar-refractivity contribution < 1.29 is 14.3 Å². The van der Waals surface area contributed by atoms with Crippen molar-refractivity contribution in [3.05, 3.63) is 42.5 Å². The van der Waals surface area contributed by atoms with Crippen LogP contribution in [0.3, 0.4) is 0 Å². The minimum absolute atomic E-state index is 0.148. The molecule has 2 aromatic rings. The summed E-state index contributed by atoms with van der Waals surface area (Å²) in [7, 11) is 1.35. The third kappa shape index (κ3) is 3.08. The number of amides is 1. The summed E-state index contributed by atoms with van der Waals surface area (Å²) in [5.41, 5.74) is 1.37. The van der Waals surface area contributed by atoms with Gasteiger partial charge in [0.2, 0.25) is 0 Å². The van der Waals surface area contributed by atoms with E-state index in [0.717, 1.165) is 18.5 Å². The lowest BCUT2D eigenvalue weighted by Crippen LogP contribution is -2.48. The molecule has 1 amide bonds. The molecule has 7 nitrogen and oxygen atoms in total. The van der Waals surface area contributed by atoms with E-state index in [1.54, 1.807) is 40.2 Å². The van der Waals surface area contributed by atoms with Gasteiger partial charge in [-0.15, -0.1) is 0 Å². The molecule has 3 rings (SSSR count). The molecule has 1 aliphatic heterocycles. The smallest absolute Gasteiger partial charge is 0.328 e. The predicted octanol–water partition coefficient (Wildman–Crippen LogP) is 1.44. The van der Waals surface area contributed by atoms with E-state index in [-0.39, 0.29) is 11.9 Å². The highest BCUT2D eigenvalue weighted by atomic mass is 16.5. The number of likely N-dealkylation sites (tertiary alicyclic amines) is 1. The SMILES string of the molecule is COC(=O)C1CCCCN1C(=O)c1ccc(-n2cncn2)cc1. The maximum Gasteiger partial charge on any atom is 0.328 e. The molecule has 1 aliphatic rings. The van der Waals surface area contributed by atoms with E-state index in [2.05, 4.69) is 10.1 Å². The molecule has 2 heterocycles. The highest BCUT2D eigenvalue weighted by molar-refractivity contribution is 5.97. The summed E-state index contributed by atoms with van der Waals surface area (Å²) >= 11 is 0. The fourth-order valence-electron chi connectivity index (χ4n) is 2.82. The van der Waals surface area contributed by atoms with Crippen LogP contribution in [0.2, 0.25) is 0 Å². The fraction of sp³-hybridized carbons (Fsp3) is 0.375. The first-order valence-corrected chi connectivity index (χ1v) is 7.54. The molecular formula is C16H18N4O3. The van der Waals surface area contributed by atoms with Gasteiger partial charge in [-0.05, 0) is 43.5 Å². The van der Waals surface area contributed by atoms with Gasteiger partial charge in [0.05, 0.1) is 12.8 Å². The fourth-order valence-corrected chi connectivity index (χ4v) is 2.82. The molecule has 0 N–H and O–H groups in total. The summed E-state index contributed by atoms with van der Waals surface area (Å²) in [5.74, 6) is -0.498. The number of hydrogen-bond donors (Lipinski definition) is 0. The standard InChI is InChI=1S/C16H18N4O3/c1-23-16(22)14-4-2-3-9-19(14)15(21)12-5-7-13(8-6-12)20-11-17-10-18-20/h5-8,10-11,14H,2-4,9H2,1H3. The van der Waals surface area contributed by atoms with E-state index in [1.807, 2.05) is 0 Å². The lowest BCUT2D eigenvalue weighted by atomic mass is 10.0. The molecule has 1 fully saturated rings. The average molecular weight is 314 g/mol. The maximum atomic E-state index is 12.7. The van der Waals surface area contributed by atoms with E-state index in [0.29, 0.717) is 18.5 Å². The van der Waals surface area contributed by atoms with Gasteiger partial charge in [0.15, 0.2) is 0 Å². The molecule has 0 radical (unpaired) electrons. The minimum Gasteiger partial charge on any atom is -0.467 e. The molecule has 120 valence electrons. The second kappa shape index (κ2) is 6.60. The van der Waals surface area contributed by atoms with Gasteiger partial charge < -0.3 is 9.64 Å². The Morgan fingerprint density at radius 1 is 1.22 bits per heavy atom. The topological polar surface area (TPSA) is 77.3 Å². The van der Waals surface area contributed by atoms with Crippen molar-refractivity contribution in [1.29, 1.82) is 0 Å². The Morgan fingerprint density at radius 3 is 2.65 bits per heavy atom. The Balaban J connectivity index is 1.80. The van der Waals surface area contributed by atoms with Crippen LogP contribution in [0.1, 0.15) is 29.6 Å². The van der Waals surface area contributed by atoms with Crippen molar-refractivity contribution in [3.8, 4) is 5.69 Å². The first-order valence-electron chi connectivity index (χ1n) is 7.54. The van der Waals surface area contributed by atoms with Crippen LogP contribution in [0.5, 0.6) is 0 Å². The highest BCUT2D eigenvalue weighted by Crippen LogP contribution is 2.21. The van der Waals surface area contributed by atoms with Gasteiger partial charge in [0.25, 0.3) is 5.91 Å². The predicted molar refractivity (Wildman–Crippen MR) is 82.1 cm³/mol. The van der Waals surface area contributed by atoms with Gasteiger partial charge in [-0.3, -0.25) is 4.79 Å². The zero-order chi connectivity index (χ0) is 16.2. The first-order chi connectivity index (χ1) is 11.2. The molecule has 1 saturated heterocycles. The van der Waals surface area contributed by atoms with Gasteiger partial charge in [-0.2, -0.15) is 5.10 Å². The van der Waals surface area contributed by atoms with Crippen LogP contribution in [0.15, 0.2) is 36.9 Å². The van der Waals surface area contributed by atoms with Crippen molar-refractivity contribution in [2.24, 2.45) is 0 Å². The summed E-state index contributed by atoms with van der Waals surface area (Å²) < 4.78 is 6.44. The van der Waals surface area contributed by atoms with Crippen LogP contribution >= 0.6 is 0 Å². The van der Waals surface area contributed by atoms with Crippen LogP contribution in [0, 0.1) is 0 Å².